The smallest absolute Gasteiger partial charge is 0.0849 e. The first-order valence-electron chi connectivity index (χ1n) is 7.82. The molecule has 0 aliphatic rings. The van der Waals surface area contributed by atoms with E-state index in [1.165, 1.54) is 5.69 Å². The molecule has 0 radical (unpaired) electrons. The molecule has 0 spiro atoms. The van der Waals surface area contributed by atoms with Gasteiger partial charge in [-0.3, -0.25) is 4.68 Å². The molecule has 0 bridgehead atoms. The summed E-state index contributed by atoms with van der Waals surface area (Å²) in [4.78, 5) is 0. The van der Waals surface area contributed by atoms with Gasteiger partial charge in [-0.15, -0.1) is 0 Å². The molecule has 0 aromatic carbocycles. The van der Waals surface area contributed by atoms with Crippen LogP contribution in [0, 0.1) is 5.41 Å². The number of halogens is 1. The van der Waals surface area contributed by atoms with Gasteiger partial charge in [0, 0.05) is 19.6 Å². The molecule has 0 atom stereocenters. The van der Waals surface area contributed by atoms with E-state index in [0.717, 1.165) is 42.9 Å². The number of aryl methyl sites for hydroxylation is 2. The lowest BCUT2D eigenvalue weighted by molar-refractivity contribution is 0.234. The Kier molecular flexibility index (Phi) is 6.53. The fourth-order valence-electron chi connectivity index (χ4n) is 2.60. The highest BCUT2D eigenvalue weighted by molar-refractivity contribution is 6.31. The van der Waals surface area contributed by atoms with Gasteiger partial charge in [0.05, 0.1) is 16.4 Å². The van der Waals surface area contributed by atoms with Crippen molar-refractivity contribution in [2.75, 3.05) is 6.54 Å². The van der Waals surface area contributed by atoms with Gasteiger partial charge in [-0.1, -0.05) is 46.2 Å². The molecule has 0 saturated heterocycles. The van der Waals surface area contributed by atoms with Crippen molar-refractivity contribution in [1.82, 2.24) is 15.1 Å². The fourth-order valence-corrected chi connectivity index (χ4v) is 2.96. The molecule has 0 unspecified atom stereocenters. The van der Waals surface area contributed by atoms with Gasteiger partial charge in [-0.2, -0.15) is 5.10 Å². The number of aromatic nitrogens is 2. The van der Waals surface area contributed by atoms with Gasteiger partial charge in [0.15, 0.2) is 0 Å². The van der Waals surface area contributed by atoms with Gasteiger partial charge in [-0.25, -0.2) is 0 Å². The topological polar surface area (TPSA) is 29.9 Å². The molecule has 0 amide bonds. The lowest BCUT2D eigenvalue weighted by atomic mass is 9.78. The zero-order chi connectivity index (χ0) is 15.3. The second kappa shape index (κ2) is 7.46. The third-order valence-corrected chi connectivity index (χ3v) is 4.87. The summed E-state index contributed by atoms with van der Waals surface area (Å²) in [7, 11) is 2.01. The van der Waals surface area contributed by atoms with Crippen LogP contribution in [0.3, 0.4) is 0 Å². The summed E-state index contributed by atoms with van der Waals surface area (Å²) in [5.74, 6) is 0. The van der Waals surface area contributed by atoms with Crippen molar-refractivity contribution in [3.05, 3.63) is 16.4 Å². The number of rotatable bonds is 8. The van der Waals surface area contributed by atoms with Crippen LogP contribution in [-0.2, 0) is 19.9 Å². The first-order chi connectivity index (χ1) is 9.39. The van der Waals surface area contributed by atoms with Crippen LogP contribution in [0.4, 0.5) is 0 Å². The zero-order valence-electron chi connectivity index (χ0n) is 13.9. The van der Waals surface area contributed by atoms with Crippen molar-refractivity contribution in [2.45, 2.75) is 66.3 Å². The second-order valence-electron chi connectivity index (χ2n) is 6.10. The molecule has 3 nitrogen and oxygen atoms in total. The predicted molar refractivity (Wildman–Crippen MR) is 87.5 cm³/mol. The molecule has 20 heavy (non-hydrogen) atoms. The molecule has 0 aliphatic heterocycles. The Bertz CT molecular complexity index is 420. The van der Waals surface area contributed by atoms with E-state index in [-0.39, 0.29) is 5.41 Å². The van der Waals surface area contributed by atoms with Crippen LogP contribution in [0.2, 0.25) is 5.02 Å². The van der Waals surface area contributed by atoms with Crippen molar-refractivity contribution >= 4 is 11.6 Å². The molecular formula is C16H30ClN3. The van der Waals surface area contributed by atoms with Crippen molar-refractivity contribution < 1.29 is 0 Å². The molecule has 1 heterocycles. The van der Waals surface area contributed by atoms with Crippen LogP contribution in [0.25, 0.3) is 0 Å². The van der Waals surface area contributed by atoms with Gasteiger partial charge >= 0.3 is 0 Å². The van der Waals surface area contributed by atoms with Crippen LogP contribution in [0.5, 0.6) is 0 Å². The fraction of sp³-hybridized carbons (Fsp3) is 0.812. The molecule has 0 saturated carbocycles. The summed E-state index contributed by atoms with van der Waals surface area (Å²) in [6.45, 7) is 12.1. The minimum Gasteiger partial charge on any atom is -0.314 e. The van der Waals surface area contributed by atoms with Gasteiger partial charge in [0.2, 0.25) is 0 Å². The monoisotopic (exact) mass is 299 g/mol. The molecule has 1 N–H and O–H groups in total. The summed E-state index contributed by atoms with van der Waals surface area (Å²) < 4.78 is 1.97. The van der Waals surface area contributed by atoms with Crippen LogP contribution in [0.1, 0.15) is 58.8 Å². The molecule has 1 rings (SSSR count). The minimum atomic E-state index is 0.257. The van der Waals surface area contributed by atoms with Gasteiger partial charge in [0.25, 0.3) is 0 Å². The molecular weight excluding hydrogens is 270 g/mol. The molecule has 1 aromatic rings. The van der Waals surface area contributed by atoms with Gasteiger partial charge in [0.1, 0.15) is 0 Å². The third-order valence-electron chi connectivity index (χ3n) is 4.43. The summed E-state index contributed by atoms with van der Waals surface area (Å²) in [5.41, 5.74) is 2.45. The Hall–Kier alpha value is -0.540. The molecule has 4 heteroatoms. The normalized spacial score (nSPS) is 12.4. The van der Waals surface area contributed by atoms with Crippen molar-refractivity contribution in [2.24, 2.45) is 12.5 Å². The standard InChI is InChI=1S/C16H30ClN3/c1-7-13-15(17)14(20(6)19-13)10-16(8-2,9-3)11-18-12(4)5/h12,18H,7-11H2,1-6H3. The van der Waals surface area contributed by atoms with Gasteiger partial charge in [-0.05, 0) is 31.1 Å². The highest BCUT2D eigenvalue weighted by Crippen LogP contribution is 2.34. The molecule has 0 fully saturated rings. The quantitative estimate of drug-likeness (QED) is 0.787. The first-order valence-corrected chi connectivity index (χ1v) is 8.20. The summed E-state index contributed by atoms with van der Waals surface area (Å²) in [6.07, 6.45) is 4.17. The third kappa shape index (κ3) is 3.98. The second-order valence-corrected chi connectivity index (χ2v) is 6.48. The lowest BCUT2D eigenvalue weighted by Gasteiger charge is -2.33. The van der Waals surface area contributed by atoms with Crippen molar-refractivity contribution in [3.8, 4) is 0 Å². The van der Waals surface area contributed by atoms with E-state index in [0.29, 0.717) is 6.04 Å². The summed E-state index contributed by atoms with van der Waals surface area (Å²) in [6, 6.07) is 0.515. The van der Waals surface area contributed by atoms with E-state index < -0.39 is 0 Å². The Labute approximate surface area is 129 Å². The molecule has 1 aromatic heterocycles. The maximum Gasteiger partial charge on any atom is 0.0849 e. The van der Waals surface area contributed by atoms with E-state index in [9.17, 15) is 0 Å². The maximum atomic E-state index is 6.51. The van der Waals surface area contributed by atoms with E-state index >= 15 is 0 Å². The van der Waals surface area contributed by atoms with Crippen LogP contribution in [-0.4, -0.2) is 22.4 Å². The number of hydrogen-bond donors (Lipinski definition) is 1. The summed E-state index contributed by atoms with van der Waals surface area (Å²) >= 11 is 6.51. The predicted octanol–water partition coefficient (Wildman–Crippen LogP) is 3.98. The SMILES string of the molecule is CCc1nn(C)c(CC(CC)(CC)CNC(C)C)c1Cl. The average molecular weight is 300 g/mol. The maximum absolute atomic E-state index is 6.51. The Morgan fingerprint density at radius 2 is 1.85 bits per heavy atom. The van der Waals surface area contributed by atoms with Crippen molar-refractivity contribution in [3.63, 3.8) is 0 Å². The Balaban J connectivity index is 2.98. The largest absolute Gasteiger partial charge is 0.314 e. The highest BCUT2D eigenvalue weighted by atomic mass is 35.5. The Morgan fingerprint density at radius 1 is 1.25 bits per heavy atom. The van der Waals surface area contributed by atoms with Crippen LogP contribution < -0.4 is 5.32 Å². The Morgan fingerprint density at radius 3 is 2.25 bits per heavy atom. The highest BCUT2D eigenvalue weighted by Gasteiger charge is 2.29. The van der Waals surface area contributed by atoms with E-state index in [4.69, 9.17) is 11.6 Å². The molecule has 116 valence electrons. The first kappa shape index (κ1) is 17.5. The number of hydrogen-bond acceptors (Lipinski definition) is 2. The minimum absolute atomic E-state index is 0.257. The van der Waals surface area contributed by atoms with E-state index in [1.807, 2.05) is 11.7 Å². The molecule has 0 aliphatic carbocycles. The van der Waals surface area contributed by atoms with Gasteiger partial charge < -0.3 is 5.32 Å². The number of nitrogens with one attached hydrogen (secondary N) is 1. The van der Waals surface area contributed by atoms with Crippen molar-refractivity contribution in [1.29, 1.82) is 0 Å². The van der Waals surface area contributed by atoms with E-state index in [2.05, 4.69) is 45.0 Å². The van der Waals surface area contributed by atoms with Crippen LogP contribution >= 0.6 is 11.6 Å². The lowest BCUT2D eigenvalue weighted by Crippen LogP contribution is -2.39. The average Bonchev–Trinajstić information content (AvgIpc) is 2.70. The van der Waals surface area contributed by atoms with E-state index in [1.54, 1.807) is 0 Å². The zero-order valence-corrected chi connectivity index (χ0v) is 14.6. The summed E-state index contributed by atoms with van der Waals surface area (Å²) in [5, 5.41) is 9.00. The van der Waals surface area contributed by atoms with Crippen LogP contribution in [0.15, 0.2) is 0 Å². The number of nitrogens with zero attached hydrogens (tertiary/aromatic N) is 2.